The summed E-state index contributed by atoms with van der Waals surface area (Å²) in [5, 5.41) is 0. The van der Waals surface area contributed by atoms with Gasteiger partial charge in [0.15, 0.2) is 0 Å². The van der Waals surface area contributed by atoms with Crippen LogP contribution in [0.25, 0.3) is 11.1 Å². The van der Waals surface area contributed by atoms with Gasteiger partial charge in [0, 0.05) is 25.2 Å². The minimum absolute atomic E-state index is 0.111. The van der Waals surface area contributed by atoms with Gasteiger partial charge in [-0.1, -0.05) is 24.3 Å². The van der Waals surface area contributed by atoms with Crippen molar-refractivity contribution in [2.45, 2.75) is 12.8 Å². The second kappa shape index (κ2) is 9.19. The van der Waals surface area contributed by atoms with Crippen LogP contribution >= 0.6 is 0 Å². The van der Waals surface area contributed by atoms with Crippen LogP contribution in [0.15, 0.2) is 59.4 Å². The lowest BCUT2D eigenvalue weighted by Gasteiger charge is -2.14. The summed E-state index contributed by atoms with van der Waals surface area (Å²) >= 11 is 0. The smallest absolute Gasteiger partial charge is 0.431 e. The molecule has 0 saturated heterocycles. The van der Waals surface area contributed by atoms with Crippen LogP contribution in [0.2, 0.25) is 0 Å². The summed E-state index contributed by atoms with van der Waals surface area (Å²) in [6.07, 6.45) is -4.85. The molecule has 0 aliphatic rings. The predicted octanol–water partition coefficient (Wildman–Crippen LogP) is 3.44. The third-order valence-corrected chi connectivity index (χ3v) is 4.77. The van der Waals surface area contributed by atoms with Gasteiger partial charge in [0.1, 0.15) is 23.6 Å². The molecule has 0 saturated carbocycles. The lowest BCUT2D eigenvalue weighted by molar-refractivity contribution is -0.140. The standard InChI is InChI=1S/C23H20F3N3O4/c1-29(2)22(32)15-5-3-13(4-6-15)12-33-16-9-7-14(8-10-16)17-11-18(20(27)30)21(31)28-19(17)23(24,25)26/h3-11H,12H2,1-2H3,(H2,27,30)(H,28,31). The van der Waals surface area contributed by atoms with Crippen molar-refractivity contribution in [1.29, 1.82) is 0 Å². The van der Waals surface area contributed by atoms with Crippen LogP contribution in [-0.4, -0.2) is 35.8 Å². The zero-order chi connectivity index (χ0) is 24.3. The molecule has 1 heterocycles. The van der Waals surface area contributed by atoms with E-state index >= 15 is 0 Å². The molecule has 0 bridgehead atoms. The van der Waals surface area contributed by atoms with E-state index in [2.05, 4.69) is 0 Å². The number of aromatic amines is 1. The molecule has 0 atom stereocenters. The van der Waals surface area contributed by atoms with Crippen LogP contribution < -0.4 is 16.0 Å². The van der Waals surface area contributed by atoms with E-state index in [0.717, 1.165) is 11.6 Å². The number of aromatic nitrogens is 1. The minimum Gasteiger partial charge on any atom is -0.489 e. The first kappa shape index (κ1) is 23.6. The maximum atomic E-state index is 13.4. The average Bonchev–Trinajstić information content (AvgIpc) is 2.77. The molecule has 33 heavy (non-hydrogen) atoms. The topological polar surface area (TPSA) is 105 Å². The van der Waals surface area contributed by atoms with Gasteiger partial charge in [0.2, 0.25) is 0 Å². The third kappa shape index (κ3) is 5.40. The molecule has 0 aliphatic heterocycles. The number of amides is 2. The van der Waals surface area contributed by atoms with E-state index in [4.69, 9.17) is 10.5 Å². The van der Waals surface area contributed by atoms with Crippen molar-refractivity contribution in [3.63, 3.8) is 0 Å². The van der Waals surface area contributed by atoms with Gasteiger partial charge >= 0.3 is 6.18 Å². The van der Waals surface area contributed by atoms with Gasteiger partial charge in [-0.3, -0.25) is 14.4 Å². The first-order valence-corrected chi connectivity index (χ1v) is 9.65. The summed E-state index contributed by atoms with van der Waals surface area (Å²) < 4.78 is 45.9. The number of primary amides is 1. The Balaban J connectivity index is 1.81. The maximum Gasteiger partial charge on any atom is 0.431 e. The Morgan fingerprint density at radius 2 is 1.64 bits per heavy atom. The van der Waals surface area contributed by atoms with Gasteiger partial charge in [-0.05, 0) is 41.5 Å². The molecule has 7 nitrogen and oxygen atoms in total. The summed E-state index contributed by atoms with van der Waals surface area (Å²) in [7, 11) is 3.31. The average molecular weight is 459 g/mol. The van der Waals surface area contributed by atoms with Crippen molar-refractivity contribution in [3.05, 3.63) is 87.3 Å². The van der Waals surface area contributed by atoms with E-state index in [9.17, 15) is 27.6 Å². The van der Waals surface area contributed by atoms with E-state index in [1.54, 1.807) is 43.3 Å². The van der Waals surface area contributed by atoms with Crippen molar-refractivity contribution in [2.75, 3.05) is 14.1 Å². The first-order valence-electron chi connectivity index (χ1n) is 9.65. The normalized spacial score (nSPS) is 11.2. The summed E-state index contributed by atoms with van der Waals surface area (Å²) in [5.74, 6) is -0.872. The maximum absolute atomic E-state index is 13.4. The number of nitrogens with one attached hydrogen (secondary N) is 1. The summed E-state index contributed by atoms with van der Waals surface area (Å²) in [4.78, 5) is 38.3. The number of carbonyl (C=O) groups excluding carboxylic acids is 2. The van der Waals surface area contributed by atoms with Crippen LogP contribution in [0, 0.1) is 0 Å². The molecule has 0 fully saturated rings. The fourth-order valence-corrected chi connectivity index (χ4v) is 3.06. The SMILES string of the molecule is CN(C)C(=O)c1ccc(COc2ccc(-c3cc(C(N)=O)c(=O)[nH]c3C(F)(F)F)cc2)cc1. The quantitative estimate of drug-likeness (QED) is 0.589. The second-order valence-electron chi connectivity index (χ2n) is 7.37. The number of nitrogens with two attached hydrogens (primary N) is 1. The number of rotatable bonds is 6. The van der Waals surface area contributed by atoms with Crippen molar-refractivity contribution in [2.24, 2.45) is 5.73 Å². The van der Waals surface area contributed by atoms with Gasteiger partial charge in [0.05, 0.1) is 0 Å². The monoisotopic (exact) mass is 459 g/mol. The Kier molecular flexibility index (Phi) is 6.57. The largest absolute Gasteiger partial charge is 0.489 e. The zero-order valence-corrected chi connectivity index (χ0v) is 17.7. The number of ether oxygens (including phenoxy) is 1. The van der Waals surface area contributed by atoms with Gasteiger partial charge < -0.3 is 20.4 Å². The highest BCUT2D eigenvalue weighted by atomic mass is 19.4. The van der Waals surface area contributed by atoms with Crippen LogP contribution in [0.4, 0.5) is 13.2 Å². The lowest BCUT2D eigenvalue weighted by atomic mass is 10.0. The van der Waals surface area contributed by atoms with Gasteiger partial charge in [-0.2, -0.15) is 13.2 Å². The summed E-state index contributed by atoms with van der Waals surface area (Å²) in [6, 6.07) is 13.4. The Morgan fingerprint density at radius 1 is 1.03 bits per heavy atom. The fourth-order valence-electron chi connectivity index (χ4n) is 3.06. The fraction of sp³-hybridized carbons (Fsp3) is 0.174. The Hall–Kier alpha value is -4.08. The molecule has 3 N–H and O–H groups in total. The van der Waals surface area contributed by atoms with Gasteiger partial charge in [-0.15, -0.1) is 0 Å². The molecule has 3 aromatic rings. The number of hydrogen-bond acceptors (Lipinski definition) is 4. The van der Waals surface area contributed by atoms with E-state index in [-0.39, 0.29) is 23.6 Å². The van der Waals surface area contributed by atoms with E-state index in [0.29, 0.717) is 11.3 Å². The van der Waals surface area contributed by atoms with Crippen LogP contribution in [0.3, 0.4) is 0 Å². The predicted molar refractivity (Wildman–Crippen MR) is 115 cm³/mol. The highest BCUT2D eigenvalue weighted by molar-refractivity contribution is 5.94. The highest BCUT2D eigenvalue weighted by Gasteiger charge is 2.36. The number of halogens is 3. The zero-order valence-electron chi connectivity index (χ0n) is 17.7. The third-order valence-electron chi connectivity index (χ3n) is 4.77. The van der Waals surface area contributed by atoms with Crippen LogP contribution in [0.1, 0.15) is 32.0 Å². The Morgan fingerprint density at radius 3 is 2.15 bits per heavy atom. The molecular weight excluding hydrogens is 439 g/mol. The first-order chi connectivity index (χ1) is 15.5. The number of benzene rings is 2. The summed E-state index contributed by atoms with van der Waals surface area (Å²) in [5.41, 5.74) is 3.08. The van der Waals surface area contributed by atoms with E-state index < -0.39 is 28.9 Å². The molecule has 0 spiro atoms. The molecule has 3 rings (SSSR count). The number of nitrogens with zero attached hydrogens (tertiary/aromatic N) is 1. The molecule has 0 aliphatic carbocycles. The van der Waals surface area contributed by atoms with E-state index in [1.165, 1.54) is 29.2 Å². The van der Waals surface area contributed by atoms with Crippen LogP contribution in [-0.2, 0) is 12.8 Å². The number of H-pyrrole nitrogens is 1. The molecule has 172 valence electrons. The Labute approximate surface area is 186 Å². The molecule has 1 aromatic heterocycles. The van der Waals surface area contributed by atoms with Gasteiger partial charge in [-0.25, -0.2) is 0 Å². The minimum atomic E-state index is -4.85. The number of hydrogen-bond donors (Lipinski definition) is 2. The van der Waals surface area contributed by atoms with E-state index in [1.807, 2.05) is 0 Å². The number of alkyl halides is 3. The molecule has 10 heteroatoms. The van der Waals surface area contributed by atoms with Crippen molar-refractivity contribution >= 4 is 11.8 Å². The highest BCUT2D eigenvalue weighted by Crippen LogP contribution is 2.35. The van der Waals surface area contributed by atoms with Gasteiger partial charge in [0.25, 0.3) is 17.4 Å². The van der Waals surface area contributed by atoms with Crippen molar-refractivity contribution < 1.29 is 27.5 Å². The van der Waals surface area contributed by atoms with Crippen LogP contribution in [0.5, 0.6) is 5.75 Å². The molecule has 2 amide bonds. The van der Waals surface area contributed by atoms with Crippen molar-refractivity contribution in [3.8, 4) is 16.9 Å². The Bertz CT molecular complexity index is 1230. The lowest BCUT2D eigenvalue weighted by Crippen LogP contribution is -2.27. The van der Waals surface area contributed by atoms with Crippen molar-refractivity contribution in [1.82, 2.24) is 9.88 Å². The second-order valence-corrected chi connectivity index (χ2v) is 7.37. The molecular formula is C23H20F3N3O4. The molecule has 2 aromatic carbocycles. The number of pyridine rings is 1. The summed E-state index contributed by atoms with van der Waals surface area (Å²) in [6.45, 7) is 0.175. The molecule has 0 radical (unpaired) electrons. The molecule has 0 unspecified atom stereocenters. The number of carbonyl (C=O) groups is 2.